The number of aryl methyl sites for hydroxylation is 3. The van der Waals surface area contributed by atoms with Crippen LogP contribution in [-0.2, 0) is 13.5 Å². The van der Waals surface area contributed by atoms with Crippen LogP contribution in [0.15, 0.2) is 24.3 Å². The second kappa shape index (κ2) is 7.15. The molecule has 6 heteroatoms. The number of carbonyl (C=O) groups is 2. The summed E-state index contributed by atoms with van der Waals surface area (Å²) in [5.74, 6) is 0.800. The minimum atomic E-state index is -0.145. The molecule has 0 saturated carbocycles. The summed E-state index contributed by atoms with van der Waals surface area (Å²) >= 11 is 0. The average Bonchev–Trinajstić information content (AvgIpc) is 3.08. The number of fused-ring (bicyclic) bond motifs is 1. The number of aromatic amines is 1. The van der Waals surface area contributed by atoms with Crippen LogP contribution < -0.4 is 5.32 Å². The largest absolute Gasteiger partial charge is 0.355 e. The first kappa shape index (κ1) is 17.9. The maximum atomic E-state index is 12.5. The van der Waals surface area contributed by atoms with Crippen molar-refractivity contribution >= 4 is 22.7 Å². The Bertz CT molecular complexity index is 981. The molecule has 2 N–H and O–H groups in total. The zero-order chi connectivity index (χ0) is 18.8. The molecule has 0 saturated heterocycles. The van der Waals surface area contributed by atoms with Crippen molar-refractivity contribution in [2.24, 2.45) is 7.05 Å². The number of aromatic nitrogens is 3. The molecule has 0 aliphatic heterocycles. The van der Waals surface area contributed by atoms with E-state index >= 15 is 0 Å². The van der Waals surface area contributed by atoms with Crippen molar-refractivity contribution in [2.45, 2.75) is 33.6 Å². The maximum Gasteiger partial charge on any atom is 0.253 e. The van der Waals surface area contributed by atoms with Gasteiger partial charge in [0.1, 0.15) is 5.82 Å². The predicted octanol–water partition coefficient (Wildman–Crippen LogP) is 3.08. The highest BCUT2D eigenvalue weighted by Gasteiger charge is 2.19. The van der Waals surface area contributed by atoms with E-state index in [2.05, 4.69) is 25.9 Å². The average molecular weight is 352 g/mol. The lowest BCUT2D eigenvalue weighted by molar-refractivity contribution is 0.0952. The first-order valence-corrected chi connectivity index (χ1v) is 8.78. The Labute approximate surface area is 152 Å². The van der Waals surface area contributed by atoms with Crippen molar-refractivity contribution in [3.8, 4) is 0 Å². The number of ketones is 1. The number of imidazole rings is 1. The summed E-state index contributed by atoms with van der Waals surface area (Å²) < 4.78 is 2.09. The number of Topliss-reactive ketones (excluding diaryl/α,β-unsaturated/α-hetero) is 1. The van der Waals surface area contributed by atoms with E-state index in [1.165, 1.54) is 6.92 Å². The van der Waals surface area contributed by atoms with Crippen molar-refractivity contribution in [1.29, 1.82) is 0 Å². The molecule has 1 aromatic carbocycles. The maximum absolute atomic E-state index is 12.5. The molecule has 3 aromatic rings. The summed E-state index contributed by atoms with van der Waals surface area (Å²) in [7, 11) is 2.01. The van der Waals surface area contributed by atoms with E-state index in [-0.39, 0.29) is 11.7 Å². The summed E-state index contributed by atoms with van der Waals surface area (Å²) in [6.45, 7) is 5.67. The van der Waals surface area contributed by atoms with Gasteiger partial charge in [-0.3, -0.25) is 9.59 Å². The van der Waals surface area contributed by atoms with Gasteiger partial charge in [-0.1, -0.05) is 12.1 Å². The van der Waals surface area contributed by atoms with Gasteiger partial charge in [0.25, 0.3) is 5.91 Å². The van der Waals surface area contributed by atoms with E-state index in [0.717, 1.165) is 35.4 Å². The fourth-order valence-electron chi connectivity index (χ4n) is 3.40. The number of hydrogen-bond acceptors (Lipinski definition) is 3. The van der Waals surface area contributed by atoms with Gasteiger partial charge in [-0.25, -0.2) is 4.98 Å². The number of nitrogens with one attached hydrogen (secondary N) is 2. The molecule has 3 rings (SSSR count). The zero-order valence-electron chi connectivity index (χ0n) is 15.6. The van der Waals surface area contributed by atoms with Gasteiger partial charge in [0.05, 0.1) is 22.3 Å². The van der Waals surface area contributed by atoms with Gasteiger partial charge >= 0.3 is 0 Å². The Balaban J connectivity index is 1.60. The molecule has 2 aromatic heterocycles. The lowest BCUT2D eigenvalue weighted by atomic mass is 10.1. The predicted molar refractivity (Wildman–Crippen MR) is 102 cm³/mol. The minimum absolute atomic E-state index is 0.0634. The number of amides is 1. The quantitative estimate of drug-likeness (QED) is 0.528. The fourth-order valence-corrected chi connectivity index (χ4v) is 3.40. The van der Waals surface area contributed by atoms with Crippen molar-refractivity contribution in [3.05, 3.63) is 52.6 Å². The van der Waals surface area contributed by atoms with Crippen molar-refractivity contribution < 1.29 is 9.59 Å². The molecular weight excluding hydrogens is 328 g/mol. The zero-order valence-corrected chi connectivity index (χ0v) is 15.6. The third-order valence-corrected chi connectivity index (χ3v) is 4.76. The molecule has 6 nitrogen and oxygen atoms in total. The molecule has 0 spiro atoms. The van der Waals surface area contributed by atoms with Crippen LogP contribution >= 0.6 is 0 Å². The first-order valence-electron chi connectivity index (χ1n) is 8.78. The number of benzene rings is 1. The van der Waals surface area contributed by atoms with Crippen LogP contribution in [0.2, 0.25) is 0 Å². The fraction of sp³-hybridized carbons (Fsp3) is 0.350. The molecule has 0 radical (unpaired) electrons. The number of hydrogen-bond donors (Lipinski definition) is 2. The van der Waals surface area contributed by atoms with Gasteiger partial charge in [-0.15, -0.1) is 0 Å². The van der Waals surface area contributed by atoms with E-state index in [1.807, 2.05) is 32.2 Å². The standard InChI is InChI=1S/C20H24N4O2/c1-12-18(13(2)22-19(12)14(3)25)20(26)21-11-7-10-17-23-15-8-5-6-9-16(15)24(17)4/h5-6,8-9,22H,7,10-11H2,1-4H3,(H,21,26). The SMILES string of the molecule is CC(=O)c1[nH]c(C)c(C(=O)NCCCc2nc3ccccc3n2C)c1C. The number of para-hydroxylation sites is 2. The Hall–Kier alpha value is -2.89. The van der Waals surface area contributed by atoms with E-state index in [4.69, 9.17) is 0 Å². The highest BCUT2D eigenvalue weighted by molar-refractivity contribution is 6.02. The molecule has 0 unspecified atom stereocenters. The van der Waals surface area contributed by atoms with Crippen molar-refractivity contribution in [1.82, 2.24) is 19.9 Å². The molecule has 0 fully saturated rings. The van der Waals surface area contributed by atoms with E-state index in [9.17, 15) is 9.59 Å². The summed E-state index contributed by atoms with van der Waals surface area (Å²) in [6.07, 6.45) is 1.58. The third-order valence-electron chi connectivity index (χ3n) is 4.76. The van der Waals surface area contributed by atoms with Crippen molar-refractivity contribution in [2.75, 3.05) is 6.54 Å². The molecule has 0 atom stereocenters. The minimum Gasteiger partial charge on any atom is -0.355 e. The van der Waals surface area contributed by atoms with Gasteiger partial charge in [-0.2, -0.15) is 0 Å². The second-order valence-electron chi connectivity index (χ2n) is 6.62. The Morgan fingerprint density at radius 1 is 1.23 bits per heavy atom. The van der Waals surface area contributed by atoms with Gasteiger partial charge in [0.15, 0.2) is 5.78 Å². The number of nitrogens with zero attached hydrogens (tertiary/aromatic N) is 2. The Morgan fingerprint density at radius 3 is 2.62 bits per heavy atom. The van der Waals surface area contributed by atoms with Gasteiger partial charge in [-0.05, 0) is 38.0 Å². The normalized spacial score (nSPS) is 11.1. The molecular formula is C20H24N4O2. The van der Waals surface area contributed by atoms with Gasteiger partial charge in [0.2, 0.25) is 0 Å². The first-order chi connectivity index (χ1) is 12.4. The summed E-state index contributed by atoms with van der Waals surface area (Å²) in [5.41, 5.74) is 4.61. The van der Waals surface area contributed by atoms with Crippen LogP contribution in [0.3, 0.4) is 0 Å². The van der Waals surface area contributed by atoms with E-state index in [1.54, 1.807) is 6.92 Å². The molecule has 1 amide bonds. The van der Waals surface area contributed by atoms with Crippen LogP contribution in [0.5, 0.6) is 0 Å². The molecule has 2 heterocycles. The second-order valence-corrected chi connectivity index (χ2v) is 6.62. The van der Waals surface area contributed by atoms with Crippen LogP contribution in [0.25, 0.3) is 11.0 Å². The van der Waals surface area contributed by atoms with Crippen LogP contribution in [0.4, 0.5) is 0 Å². The summed E-state index contributed by atoms with van der Waals surface area (Å²) in [6, 6.07) is 8.05. The molecule has 0 aliphatic carbocycles. The Kier molecular flexibility index (Phi) is 4.93. The number of H-pyrrole nitrogens is 1. The highest BCUT2D eigenvalue weighted by atomic mass is 16.1. The summed E-state index contributed by atoms with van der Waals surface area (Å²) in [4.78, 5) is 31.7. The summed E-state index contributed by atoms with van der Waals surface area (Å²) in [5, 5.41) is 2.95. The van der Waals surface area contributed by atoms with E-state index < -0.39 is 0 Å². The number of carbonyl (C=O) groups excluding carboxylic acids is 2. The molecule has 136 valence electrons. The monoisotopic (exact) mass is 352 g/mol. The molecule has 0 aliphatic rings. The topological polar surface area (TPSA) is 79.8 Å². The Morgan fingerprint density at radius 2 is 1.96 bits per heavy atom. The van der Waals surface area contributed by atoms with E-state index in [0.29, 0.717) is 23.4 Å². The molecule has 0 bridgehead atoms. The molecule has 26 heavy (non-hydrogen) atoms. The van der Waals surface area contributed by atoms with Crippen LogP contribution in [-0.4, -0.2) is 32.8 Å². The van der Waals surface area contributed by atoms with Crippen LogP contribution in [0, 0.1) is 13.8 Å². The lowest BCUT2D eigenvalue weighted by Crippen LogP contribution is -2.26. The van der Waals surface area contributed by atoms with Gasteiger partial charge < -0.3 is 14.9 Å². The van der Waals surface area contributed by atoms with Crippen molar-refractivity contribution in [3.63, 3.8) is 0 Å². The third kappa shape index (κ3) is 3.27. The smallest absolute Gasteiger partial charge is 0.253 e. The highest BCUT2D eigenvalue weighted by Crippen LogP contribution is 2.18. The van der Waals surface area contributed by atoms with Gasteiger partial charge in [0, 0.05) is 32.6 Å². The number of rotatable bonds is 6. The lowest BCUT2D eigenvalue weighted by Gasteiger charge is -2.06. The van der Waals surface area contributed by atoms with Crippen LogP contribution in [0.1, 0.15) is 51.3 Å².